The molecular formula is C27H21F5N2O2. The van der Waals surface area contributed by atoms with E-state index in [0.717, 1.165) is 36.6 Å². The SMILES string of the molecule is O=C(NCc1c(F)cc(F)cc1F)c1ccc2c(c1)N(Cc1cc(F)cc(F)c1)C(=O)C21CCCC1. The molecule has 5 rings (SSSR count). The lowest BCUT2D eigenvalue weighted by molar-refractivity contribution is -0.123. The fourth-order valence-corrected chi connectivity index (χ4v) is 5.30. The average Bonchev–Trinajstić information content (AvgIpc) is 3.38. The molecule has 0 bridgehead atoms. The molecule has 3 aromatic rings. The molecule has 0 aromatic heterocycles. The first kappa shape index (κ1) is 24.0. The minimum atomic E-state index is -1.12. The summed E-state index contributed by atoms with van der Waals surface area (Å²) in [6.45, 7) is -0.595. The van der Waals surface area contributed by atoms with Crippen molar-refractivity contribution in [3.8, 4) is 0 Å². The van der Waals surface area contributed by atoms with E-state index in [9.17, 15) is 31.5 Å². The summed E-state index contributed by atoms with van der Waals surface area (Å²) in [7, 11) is 0. The molecule has 0 saturated heterocycles. The van der Waals surface area contributed by atoms with Gasteiger partial charge in [-0.25, -0.2) is 22.0 Å². The Labute approximate surface area is 203 Å². The van der Waals surface area contributed by atoms with Gasteiger partial charge in [0.25, 0.3) is 5.91 Å². The summed E-state index contributed by atoms with van der Waals surface area (Å²) in [6.07, 6.45) is 2.96. The first-order valence-electron chi connectivity index (χ1n) is 11.5. The molecule has 1 spiro atoms. The van der Waals surface area contributed by atoms with Gasteiger partial charge in [0.05, 0.1) is 12.0 Å². The van der Waals surface area contributed by atoms with Gasteiger partial charge in [0.1, 0.15) is 29.1 Å². The van der Waals surface area contributed by atoms with Gasteiger partial charge < -0.3 is 10.2 Å². The quantitative estimate of drug-likeness (QED) is 0.459. The molecule has 1 aliphatic carbocycles. The van der Waals surface area contributed by atoms with E-state index in [0.29, 0.717) is 30.7 Å². The summed E-state index contributed by atoms with van der Waals surface area (Å²) in [4.78, 5) is 27.8. The highest BCUT2D eigenvalue weighted by Gasteiger charge is 2.52. The Hall–Kier alpha value is -3.75. The standard InChI is InChI=1S/C27H21F5N2O2/c28-17-7-15(8-18(29)10-17)14-34-24-9-16(3-4-21(24)27(26(34)36)5-1-2-6-27)25(35)33-13-20-22(31)11-19(30)12-23(20)32/h3-4,7-12H,1-2,5-6,13-14H2,(H,33,35). The van der Waals surface area contributed by atoms with Crippen LogP contribution in [0.15, 0.2) is 48.5 Å². The second-order valence-corrected chi connectivity index (χ2v) is 9.22. The maximum absolute atomic E-state index is 13.9. The number of nitrogens with one attached hydrogen (secondary N) is 1. The Morgan fingerprint density at radius 2 is 1.47 bits per heavy atom. The Kier molecular flexibility index (Phi) is 6.02. The molecule has 186 valence electrons. The highest BCUT2D eigenvalue weighted by Crippen LogP contribution is 2.52. The average molecular weight is 500 g/mol. The number of benzene rings is 3. The lowest BCUT2D eigenvalue weighted by atomic mass is 9.80. The van der Waals surface area contributed by atoms with E-state index in [4.69, 9.17) is 0 Å². The summed E-state index contributed by atoms with van der Waals surface area (Å²) in [5.41, 5.74) is 0.360. The van der Waals surface area contributed by atoms with E-state index >= 15 is 0 Å². The van der Waals surface area contributed by atoms with Crippen molar-refractivity contribution in [3.63, 3.8) is 0 Å². The molecule has 3 aromatic carbocycles. The van der Waals surface area contributed by atoms with Crippen molar-refractivity contribution in [3.05, 3.63) is 99.9 Å². The van der Waals surface area contributed by atoms with Gasteiger partial charge in [-0.3, -0.25) is 9.59 Å². The Bertz CT molecular complexity index is 1340. The first-order valence-corrected chi connectivity index (χ1v) is 11.5. The van der Waals surface area contributed by atoms with Crippen LogP contribution in [0.25, 0.3) is 0 Å². The molecule has 2 aliphatic rings. The summed E-state index contributed by atoms with van der Waals surface area (Å²) >= 11 is 0. The Morgan fingerprint density at radius 3 is 2.11 bits per heavy atom. The molecule has 0 radical (unpaired) electrons. The van der Waals surface area contributed by atoms with Crippen molar-refractivity contribution in [2.75, 3.05) is 4.90 Å². The van der Waals surface area contributed by atoms with Crippen molar-refractivity contribution < 1.29 is 31.5 Å². The van der Waals surface area contributed by atoms with E-state index < -0.39 is 52.5 Å². The van der Waals surface area contributed by atoms with Gasteiger partial charge in [-0.2, -0.15) is 0 Å². The van der Waals surface area contributed by atoms with E-state index in [2.05, 4.69) is 5.32 Å². The number of rotatable bonds is 5. The third-order valence-electron chi connectivity index (χ3n) is 6.97. The molecular weight excluding hydrogens is 479 g/mol. The molecule has 36 heavy (non-hydrogen) atoms. The third-order valence-corrected chi connectivity index (χ3v) is 6.97. The van der Waals surface area contributed by atoms with Crippen molar-refractivity contribution >= 4 is 17.5 Å². The van der Waals surface area contributed by atoms with E-state index in [1.807, 2.05) is 0 Å². The van der Waals surface area contributed by atoms with Crippen LogP contribution < -0.4 is 10.2 Å². The van der Waals surface area contributed by atoms with Crippen LogP contribution >= 0.6 is 0 Å². The number of amides is 2. The summed E-state index contributed by atoms with van der Waals surface area (Å²) in [5, 5.41) is 2.42. The molecule has 4 nitrogen and oxygen atoms in total. The van der Waals surface area contributed by atoms with E-state index in [1.54, 1.807) is 6.07 Å². The van der Waals surface area contributed by atoms with Gasteiger partial charge >= 0.3 is 0 Å². The number of halogens is 5. The van der Waals surface area contributed by atoms with E-state index in [1.165, 1.54) is 17.0 Å². The van der Waals surface area contributed by atoms with Crippen LogP contribution in [0, 0.1) is 29.1 Å². The third kappa shape index (κ3) is 4.12. The molecule has 1 saturated carbocycles. The van der Waals surface area contributed by atoms with Crippen LogP contribution in [0.1, 0.15) is 52.7 Å². The second kappa shape index (κ2) is 9.04. The molecule has 1 N–H and O–H groups in total. The van der Waals surface area contributed by atoms with Crippen molar-refractivity contribution in [2.45, 2.75) is 44.2 Å². The predicted molar refractivity (Wildman–Crippen MR) is 122 cm³/mol. The number of hydrogen-bond donors (Lipinski definition) is 1. The molecule has 1 aliphatic heterocycles. The Morgan fingerprint density at radius 1 is 0.861 bits per heavy atom. The van der Waals surface area contributed by atoms with Crippen molar-refractivity contribution in [1.82, 2.24) is 5.32 Å². The lowest BCUT2D eigenvalue weighted by Gasteiger charge is -2.23. The predicted octanol–water partition coefficient (Wildman–Crippen LogP) is 5.67. The fraction of sp³-hybridized carbons (Fsp3) is 0.259. The largest absolute Gasteiger partial charge is 0.348 e. The highest BCUT2D eigenvalue weighted by molar-refractivity contribution is 6.09. The minimum absolute atomic E-state index is 0.0840. The maximum Gasteiger partial charge on any atom is 0.251 e. The molecule has 2 amide bonds. The van der Waals surface area contributed by atoms with Gasteiger partial charge in [0, 0.05) is 41.6 Å². The number of hydrogen-bond acceptors (Lipinski definition) is 2. The van der Waals surface area contributed by atoms with Crippen LogP contribution in [0.3, 0.4) is 0 Å². The van der Waals surface area contributed by atoms with Gasteiger partial charge in [-0.15, -0.1) is 0 Å². The van der Waals surface area contributed by atoms with Crippen molar-refractivity contribution in [2.24, 2.45) is 0 Å². The molecule has 9 heteroatoms. The number of carbonyl (C=O) groups excluding carboxylic acids is 2. The zero-order chi connectivity index (χ0) is 25.6. The number of anilines is 1. The maximum atomic E-state index is 13.9. The minimum Gasteiger partial charge on any atom is -0.348 e. The van der Waals surface area contributed by atoms with Crippen LogP contribution in [0.2, 0.25) is 0 Å². The Balaban J connectivity index is 1.45. The number of fused-ring (bicyclic) bond motifs is 2. The van der Waals surface area contributed by atoms with Gasteiger partial charge in [-0.1, -0.05) is 18.9 Å². The fourth-order valence-electron chi connectivity index (χ4n) is 5.30. The first-order chi connectivity index (χ1) is 17.2. The molecule has 0 atom stereocenters. The molecule has 0 unspecified atom stereocenters. The van der Waals surface area contributed by atoms with Crippen LogP contribution in [-0.2, 0) is 23.3 Å². The van der Waals surface area contributed by atoms with Gasteiger partial charge in [0.15, 0.2) is 0 Å². The summed E-state index contributed by atoms with van der Waals surface area (Å²) in [5.74, 6) is -5.68. The topological polar surface area (TPSA) is 49.4 Å². The zero-order valence-electron chi connectivity index (χ0n) is 19.0. The zero-order valence-corrected chi connectivity index (χ0v) is 19.0. The van der Waals surface area contributed by atoms with Crippen LogP contribution in [-0.4, -0.2) is 11.8 Å². The van der Waals surface area contributed by atoms with E-state index in [-0.39, 0.29) is 23.6 Å². The molecule has 1 fully saturated rings. The molecule has 1 heterocycles. The number of nitrogens with zero attached hydrogens (tertiary/aromatic N) is 1. The second-order valence-electron chi connectivity index (χ2n) is 9.22. The smallest absolute Gasteiger partial charge is 0.251 e. The van der Waals surface area contributed by atoms with Crippen molar-refractivity contribution in [1.29, 1.82) is 0 Å². The van der Waals surface area contributed by atoms with Gasteiger partial charge in [-0.05, 0) is 48.2 Å². The van der Waals surface area contributed by atoms with Gasteiger partial charge in [0.2, 0.25) is 5.91 Å². The highest BCUT2D eigenvalue weighted by atomic mass is 19.2. The normalized spacial score (nSPS) is 16.0. The van der Waals surface area contributed by atoms with Crippen LogP contribution in [0.5, 0.6) is 0 Å². The number of carbonyl (C=O) groups is 2. The van der Waals surface area contributed by atoms with Crippen LogP contribution in [0.4, 0.5) is 27.6 Å². The monoisotopic (exact) mass is 500 g/mol. The summed E-state index contributed by atoms with van der Waals surface area (Å²) in [6, 6.07) is 8.83. The summed E-state index contributed by atoms with van der Waals surface area (Å²) < 4.78 is 68.6. The lowest BCUT2D eigenvalue weighted by Crippen LogP contribution is -2.38.